The third-order valence-electron chi connectivity index (χ3n) is 10.1. The smallest absolute Gasteiger partial charge is 0.0587 e. The van der Waals surface area contributed by atoms with Crippen molar-refractivity contribution >= 4 is 77.6 Å². The molecule has 54 heavy (non-hydrogen) atoms. The monoisotopic (exact) mass is 1030 g/mol. The molecule has 275 valence electrons. The molecular weight excluding hydrogens is 974 g/mol. The van der Waals surface area contributed by atoms with Gasteiger partial charge in [0, 0.05) is 20.1 Å². The van der Waals surface area contributed by atoms with Crippen LogP contribution in [0.1, 0.15) is 36.4 Å². The number of benzene rings is 5. The Morgan fingerprint density at radius 1 is 0.685 bits per heavy atom. The van der Waals surface area contributed by atoms with E-state index in [0.717, 1.165) is 33.6 Å². The van der Waals surface area contributed by atoms with Gasteiger partial charge >= 0.3 is 281 Å². The Balaban J connectivity index is 0.000000241. The van der Waals surface area contributed by atoms with Crippen molar-refractivity contribution in [3.8, 4) is 22.5 Å². The van der Waals surface area contributed by atoms with E-state index in [4.69, 9.17) is 4.98 Å². The first-order chi connectivity index (χ1) is 25.6. The summed E-state index contributed by atoms with van der Waals surface area (Å²) in [4.78, 5) is 9.35. The minimum atomic E-state index is -1.93. The number of nitrogens with zero attached hydrogens (tertiary/aromatic N) is 2. The molecule has 0 spiro atoms. The molecule has 0 aliphatic heterocycles. The quantitative estimate of drug-likeness (QED) is 0.123. The van der Waals surface area contributed by atoms with Gasteiger partial charge in [0.25, 0.3) is 0 Å². The molecule has 0 saturated heterocycles. The molecule has 0 bridgehead atoms. The van der Waals surface area contributed by atoms with Crippen molar-refractivity contribution in [3.05, 3.63) is 156 Å². The van der Waals surface area contributed by atoms with E-state index in [0.29, 0.717) is 0 Å². The van der Waals surface area contributed by atoms with E-state index in [1.165, 1.54) is 50.9 Å². The molecule has 0 N–H and O–H groups in total. The Kier molecular flexibility index (Phi) is 11.8. The number of fused-ring (bicyclic) bond motifs is 4. The molecule has 1 unspecified atom stereocenters. The van der Waals surface area contributed by atoms with Gasteiger partial charge in [0.1, 0.15) is 0 Å². The first kappa shape index (κ1) is 38.9. The Labute approximate surface area is 346 Å². The van der Waals surface area contributed by atoms with Gasteiger partial charge in [-0.25, -0.2) is 0 Å². The van der Waals surface area contributed by atoms with Crippen LogP contribution in [0.15, 0.2) is 122 Å². The van der Waals surface area contributed by atoms with Gasteiger partial charge in [0.15, 0.2) is 0 Å². The molecule has 0 aliphatic rings. The molecular formula is C48H48Ge2IrN2S-2. The van der Waals surface area contributed by atoms with Gasteiger partial charge in [-0.05, 0) is 17.7 Å². The normalized spacial score (nSPS) is 13.2. The standard InChI is InChI=1S/C33H30GeNS.C15H18GeN.Ir/c1-21-9-10-23-11-12-24(18-26(23)17-21)22(2)25-15-16-35-31(19-25)29-8-6-7-28-30-20-27(34(3,4)5)13-14-32(30)36-33(28)29;1-12-10-15(13-8-6-5-7-9-13)17-11-14(12)16(2,3)4;/h6-7,9-20,22H,1-5H3;5-8,10-11H,1-4H3;/q2*-1;/i22D;;. The Bertz CT molecular complexity index is 2640. The summed E-state index contributed by atoms with van der Waals surface area (Å²) in [5, 5.41) is 4.98. The molecule has 3 aromatic heterocycles. The Morgan fingerprint density at radius 2 is 1.46 bits per heavy atom. The third kappa shape index (κ3) is 8.69. The molecule has 6 heteroatoms. The first-order valence-electron chi connectivity index (χ1n) is 18.9. The van der Waals surface area contributed by atoms with Crippen LogP contribution in [0.2, 0.25) is 34.5 Å². The van der Waals surface area contributed by atoms with E-state index in [1.807, 2.05) is 54.8 Å². The maximum absolute atomic E-state index is 9.40. The fourth-order valence-electron chi connectivity index (χ4n) is 7.01. The van der Waals surface area contributed by atoms with Crippen LogP contribution in [-0.2, 0) is 20.1 Å². The second kappa shape index (κ2) is 16.4. The molecule has 8 rings (SSSR count). The second-order valence-corrected chi connectivity index (χ2v) is 38.5. The molecule has 2 nitrogen and oxygen atoms in total. The first-order valence-corrected chi connectivity index (χ1v) is 33.9. The third-order valence-corrected chi connectivity index (χ3v) is 20.1. The van der Waals surface area contributed by atoms with Crippen molar-refractivity contribution in [2.75, 3.05) is 0 Å². The van der Waals surface area contributed by atoms with Crippen LogP contribution in [0.4, 0.5) is 0 Å². The minimum Gasteiger partial charge on any atom is -0.0587 e. The van der Waals surface area contributed by atoms with Crippen LogP contribution in [0, 0.1) is 26.0 Å². The average molecular weight is 1020 g/mol. The SMILES string of the molecule is Cc1cc(-c2[c-]cccc2)nc[c]1[Ge]([CH3])([CH3])[CH3].[2H]C(C)(c1ccnc(-c2[c-]ccc3c2sc2cc[c]([Ge]([CH3])([CH3])[CH3])cc23)c1)c1ccc2ccc(C)cc2c1.[Ir]. The fraction of sp³-hybridized carbons (Fsp3) is 0.208. The summed E-state index contributed by atoms with van der Waals surface area (Å²) in [7, 11) is 0. The van der Waals surface area contributed by atoms with Gasteiger partial charge < -0.3 is 0 Å². The molecule has 0 aliphatic carbocycles. The zero-order valence-electron chi connectivity index (χ0n) is 33.7. The van der Waals surface area contributed by atoms with E-state index in [-0.39, 0.29) is 20.1 Å². The van der Waals surface area contributed by atoms with Gasteiger partial charge in [-0.1, -0.05) is 29.8 Å². The van der Waals surface area contributed by atoms with Crippen LogP contribution in [0.3, 0.4) is 0 Å². The second-order valence-electron chi connectivity index (χ2n) is 16.2. The van der Waals surface area contributed by atoms with Gasteiger partial charge in [-0.3, -0.25) is 0 Å². The number of aryl methyl sites for hydroxylation is 2. The Morgan fingerprint density at radius 3 is 2.19 bits per heavy atom. The van der Waals surface area contributed by atoms with Crippen molar-refractivity contribution in [2.45, 2.75) is 61.2 Å². The van der Waals surface area contributed by atoms with Crippen molar-refractivity contribution < 1.29 is 21.5 Å². The maximum atomic E-state index is 9.40. The zero-order chi connectivity index (χ0) is 38.4. The van der Waals surface area contributed by atoms with Gasteiger partial charge in [-0.15, -0.1) is 0 Å². The summed E-state index contributed by atoms with van der Waals surface area (Å²) in [6.07, 6.45) is 3.92. The molecule has 5 aromatic carbocycles. The van der Waals surface area contributed by atoms with Crippen molar-refractivity contribution in [3.63, 3.8) is 0 Å². The molecule has 0 saturated carbocycles. The van der Waals surface area contributed by atoms with Gasteiger partial charge in [0.2, 0.25) is 0 Å². The van der Waals surface area contributed by atoms with Crippen molar-refractivity contribution in [2.24, 2.45) is 0 Å². The summed E-state index contributed by atoms with van der Waals surface area (Å²) < 4.78 is 14.9. The van der Waals surface area contributed by atoms with E-state index in [9.17, 15) is 1.37 Å². The number of thiophene rings is 1. The van der Waals surface area contributed by atoms with Crippen LogP contribution in [0.5, 0.6) is 0 Å². The average Bonchev–Trinajstić information content (AvgIpc) is 3.53. The van der Waals surface area contributed by atoms with E-state index in [1.54, 1.807) is 0 Å². The number of hydrogen-bond donors (Lipinski definition) is 0. The summed E-state index contributed by atoms with van der Waals surface area (Å²) in [5.41, 5.74) is 8.50. The number of hydrogen-bond acceptors (Lipinski definition) is 3. The summed E-state index contributed by atoms with van der Waals surface area (Å²) in [5.74, 6) is 13.6. The van der Waals surface area contributed by atoms with Crippen molar-refractivity contribution in [1.29, 1.82) is 0 Å². The van der Waals surface area contributed by atoms with Crippen LogP contribution < -0.4 is 8.79 Å². The Hall–Kier alpha value is -3.38. The van der Waals surface area contributed by atoms with Crippen LogP contribution in [-0.4, -0.2) is 36.5 Å². The number of rotatable bonds is 6. The van der Waals surface area contributed by atoms with E-state index in [2.05, 4.69) is 151 Å². The minimum absolute atomic E-state index is 0. The van der Waals surface area contributed by atoms with E-state index < -0.39 is 32.4 Å². The molecule has 0 fully saturated rings. The summed E-state index contributed by atoms with van der Waals surface area (Å²) in [6.45, 7) is 6.28. The molecule has 3 heterocycles. The van der Waals surface area contributed by atoms with Gasteiger partial charge in [-0.2, -0.15) is 0 Å². The summed E-state index contributed by atoms with van der Waals surface area (Å²) in [6, 6.07) is 45.0. The molecule has 1 radical (unpaired) electrons. The van der Waals surface area contributed by atoms with E-state index >= 15 is 0 Å². The molecule has 1 atom stereocenters. The topological polar surface area (TPSA) is 25.8 Å². The number of pyridine rings is 2. The predicted octanol–water partition coefficient (Wildman–Crippen LogP) is 12.5. The predicted molar refractivity (Wildman–Crippen MR) is 237 cm³/mol. The number of aromatic nitrogens is 2. The van der Waals surface area contributed by atoms with Crippen LogP contribution in [0.25, 0.3) is 53.5 Å². The summed E-state index contributed by atoms with van der Waals surface area (Å²) >= 11 is -1.89. The molecule has 8 aromatic rings. The van der Waals surface area contributed by atoms with Crippen LogP contribution >= 0.6 is 11.3 Å². The molecule has 0 amide bonds. The zero-order valence-corrected chi connectivity index (χ0v) is 40.1. The van der Waals surface area contributed by atoms with Crippen molar-refractivity contribution in [1.82, 2.24) is 9.97 Å². The fourth-order valence-corrected chi connectivity index (χ4v) is 14.2. The van der Waals surface area contributed by atoms with Gasteiger partial charge in [0.05, 0.1) is 0 Å².